The van der Waals surface area contributed by atoms with Crippen LogP contribution in [0.15, 0.2) is 12.5 Å². The summed E-state index contributed by atoms with van der Waals surface area (Å²) in [6, 6.07) is -5.36. The monoisotopic (exact) mass is 511 g/mol. The number of carbonyl (C=O) groups excluding carboxylic acids is 4. The minimum absolute atomic E-state index is 0.0978. The van der Waals surface area contributed by atoms with Gasteiger partial charge in [0.25, 0.3) is 0 Å². The van der Waals surface area contributed by atoms with Crippen molar-refractivity contribution in [2.75, 3.05) is 0 Å². The summed E-state index contributed by atoms with van der Waals surface area (Å²) in [5.41, 5.74) is 11.1. The molecule has 36 heavy (non-hydrogen) atoms. The van der Waals surface area contributed by atoms with Crippen LogP contribution in [-0.4, -0.2) is 79.9 Å². The van der Waals surface area contributed by atoms with Crippen molar-refractivity contribution in [3.8, 4) is 0 Å². The molecule has 4 amide bonds. The van der Waals surface area contributed by atoms with E-state index in [4.69, 9.17) is 16.6 Å². The third-order valence-electron chi connectivity index (χ3n) is 5.43. The van der Waals surface area contributed by atoms with Crippen LogP contribution in [0, 0.1) is 5.92 Å². The van der Waals surface area contributed by atoms with E-state index in [1.165, 1.54) is 12.5 Å². The molecule has 0 fully saturated rings. The second kappa shape index (κ2) is 14.4. The number of carboxylic acid groups (broad SMARTS) is 2. The predicted octanol–water partition coefficient (Wildman–Crippen LogP) is -2.40. The van der Waals surface area contributed by atoms with Crippen LogP contribution in [0.1, 0.15) is 45.2 Å². The van der Waals surface area contributed by atoms with Gasteiger partial charge in [0.15, 0.2) is 0 Å². The summed E-state index contributed by atoms with van der Waals surface area (Å²) < 4.78 is 0. The Kier molecular flexibility index (Phi) is 12.0. The lowest BCUT2D eigenvalue weighted by Crippen LogP contribution is -2.58. The van der Waals surface area contributed by atoms with Crippen molar-refractivity contribution in [2.45, 2.75) is 70.1 Å². The molecule has 200 valence electrons. The van der Waals surface area contributed by atoms with Crippen molar-refractivity contribution < 1.29 is 39.0 Å². The fourth-order valence-corrected chi connectivity index (χ4v) is 3.15. The van der Waals surface area contributed by atoms with Crippen LogP contribution in [0.2, 0.25) is 0 Å². The molecule has 5 unspecified atom stereocenters. The minimum Gasteiger partial charge on any atom is -0.481 e. The molecule has 10 N–H and O–H groups in total. The van der Waals surface area contributed by atoms with Crippen molar-refractivity contribution in [1.29, 1.82) is 0 Å². The summed E-state index contributed by atoms with van der Waals surface area (Å²) in [5.74, 6) is -6.39. The van der Waals surface area contributed by atoms with Gasteiger partial charge in [-0.15, -0.1) is 0 Å². The van der Waals surface area contributed by atoms with Crippen molar-refractivity contribution in [2.24, 2.45) is 17.4 Å². The fraction of sp³-hybridized carbons (Fsp3) is 0.571. The number of amides is 4. The quantitative estimate of drug-likeness (QED) is 0.117. The van der Waals surface area contributed by atoms with E-state index >= 15 is 0 Å². The first-order valence-corrected chi connectivity index (χ1v) is 11.2. The lowest BCUT2D eigenvalue weighted by atomic mass is 9.98. The number of nitrogens with zero attached hydrogens (tertiary/aromatic N) is 1. The number of nitrogens with two attached hydrogens (primary N) is 2. The van der Waals surface area contributed by atoms with Gasteiger partial charge < -0.3 is 42.6 Å². The first-order chi connectivity index (χ1) is 16.8. The Morgan fingerprint density at radius 3 is 2.14 bits per heavy atom. The van der Waals surface area contributed by atoms with Crippen molar-refractivity contribution in [3.63, 3.8) is 0 Å². The van der Waals surface area contributed by atoms with Gasteiger partial charge in [-0.1, -0.05) is 20.3 Å². The van der Waals surface area contributed by atoms with E-state index in [9.17, 15) is 33.9 Å². The molecule has 0 aromatic carbocycles. The average molecular weight is 512 g/mol. The van der Waals surface area contributed by atoms with Crippen LogP contribution < -0.4 is 27.4 Å². The number of carbonyl (C=O) groups is 6. The molecule has 0 spiro atoms. The number of primary amides is 1. The third kappa shape index (κ3) is 10.1. The number of imidazole rings is 1. The van der Waals surface area contributed by atoms with Gasteiger partial charge >= 0.3 is 11.9 Å². The molecular weight excluding hydrogens is 478 g/mol. The maximum absolute atomic E-state index is 13.0. The van der Waals surface area contributed by atoms with E-state index in [0.29, 0.717) is 12.1 Å². The normalized spacial score (nSPS) is 15.0. The number of hydrogen-bond donors (Lipinski definition) is 8. The maximum Gasteiger partial charge on any atom is 0.326 e. The first-order valence-electron chi connectivity index (χ1n) is 11.2. The maximum atomic E-state index is 13.0. The number of hydrogen-bond acceptors (Lipinski definition) is 8. The molecule has 1 aromatic heterocycles. The highest BCUT2D eigenvalue weighted by Crippen LogP contribution is 2.10. The Morgan fingerprint density at radius 2 is 1.64 bits per heavy atom. The second-order valence-electron chi connectivity index (χ2n) is 8.32. The molecule has 0 bridgehead atoms. The van der Waals surface area contributed by atoms with E-state index in [2.05, 4.69) is 25.9 Å². The van der Waals surface area contributed by atoms with E-state index in [-0.39, 0.29) is 19.3 Å². The zero-order valence-electron chi connectivity index (χ0n) is 20.0. The van der Waals surface area contributed by atoms with Gasteiger partial charge in [0.05, 0.1) is 18.8 Å². The predicted molar refractivity (Wildman–Crippen MR) is 124 cm³/mol. The molecule has 1 aromatic rings. The average Bonchev–Trinajstić information content (AvgIpc) is 3.31. The molecule has 0 aliphatic rings. The first kappa shape index (κ1) is 30.0. The van der Waals surface area contributed by atoms with Crippen molar-refractivity contribution in [1.82, 2.24) is 25.9 Å². The van der Waals surface area contributed by atoms with Crippen molar-refractivity contribution >= 4 is 35.6 Å². The minimum atomic E-state index is -1.47. The summed E-state index contributed by atoms with van der Waals surface area (Å²) in [6.07, 6.45) is 1.87. The summed E-state index contributed by atoms with van der Waals surface area (Å²) in [6.45, 7) is 3.41. The second-order valence-corrected chi connectivity index (χ2v) is 8.32. The van der Waals surface area contributed by atoms with Crippen LogP contribution >= 0.6 is 0 Å². The van der Waals surface area contributed by atoms with Crippen LogP contribution in [0.4, 0.5) is 0 Å². The summed E-state index contributed by atoms with van der Waals surface area (Å²) >= 11 is 0. The van der Waals surface area contributed by atoms with E-state index in [1.807, 2.05) is 0 Å². The van der Waals surface area contributed by atoms with Gasteiger partial charge in [0.1, 0.15) is 18.1 Å². The van der Waals surface area contributed by atoms with Gasteiger partial charge in [-0.25, -0.2) is 9.78 Å². The Balaban J connectivity index is 3.12. The number of H-pyrrole nitrogens is 1. The van der Waals surface area contributed by atoms with Crippen LogP contribution in [0.3, 0.4) is 0 Å². The molecule has 5 atom stereocenters. The highest BCUT2D eigenvalue weighted by Gasteiger charge is 2.32. The molecule has 15 heteroatoms. The van der Waals surface area contributed by atoms with E-state index in [0.717, 1.165) is 0 Å². The highest BCUT2D eigenvalue weighted by molar-refractivity contribution is 5.95. The number of nitrogens with one attached hydrogen (secondary N) is 4. The molecule has 1 rings (SSSR count). The number of rotatable bonds is 16. The van der Waals surface area contributed by atoms with E-state index < -0.39 is 72.1 Å². The third-order valence-corrected chi connectivity index (χ3v) is 5.43. The van der Waals surface area contributed by atoms with Crippen LogP contribution in [0.5, 0.6) is 0 Å². The molecule has 0 aliphatic carbocycles. The van der Waals surface area contributed by atoms with Gasteiger partial charge in [-0.05, 0) is 12.3 Å². The molecule has 1 heterocycles. The zero-order valence-corrected chi connectivity index (χ0v) is 20.0. The highest BCUT2D eigenvalue weighted by atomic mass is 16.4. The Labute approximate surface area is 206 Å². The Hall–Kier alpha value is -4.01. The smallest absolute Gasteiger partial charge is 0.326 e. The Bertz CT molecular complexity index is 937. The topological polar surface area (TPSA) is 260 Å². The molecule has 0 radical (unpaired) electrons. The van der Waals surface area contributed by atoms with E-state index in [1.54, 1.807) is 13.8 Å². The zero-order chi connectivity index (χ0) is 27.4. The molecular formula is C21H33N7O8. The fourth-order valence-electron chi connectivity index (χ4n) is 3.15. The largest absolute Gasteiger partial charge is 0.481 e. The van der Waals surface area contributed by atoms with Gasteiger partial charge in [0, 0.05) is 24.7 Å². The summed E-state index contributed by atoms with van der Waals surface area (Å²) in [4.78, 5) is 78.7. The number of aromatic nitrogens is 2. The van der Waals surface area contributed by atoms with Crippen LogP contribution in [0.25, 0.3) is 0 Å². The number of carboxylic acids is 2. The Morgan fingerprint density at radius 1 is 1.03 bits per heavy atom. The van der Waals surface area contributed by atoms with Gasteiger partial charge in [-0.2, -0.15) is 0 Å². The SMILES string of the molecule is CCC(C)C(NC(=O)C(Cc1cnc[nH]1)NC(=O)C(CCC(N)=O)NC(=O)C(N)CC(=O)O)C(=O)O. The standard InChI is InChI=1S/C21H33N7O8/c1-3-10(2)17(21(35)36)28-20(34)14(6-11-8-24-9-25-11)27-19(33)13(4-5-15(23)29)26-18(32)12(22)7-16(30)31/h8-10,12-14,17H,3-7,22H2,1-2H3,(H2,23,29)(H,24,25)(H,26,32)(H,27,33)(H,28,34)(H,30,31)(H,35,36). The lowest BCUT2D eigenvalue weighted by molar-refractivity contribution is -0.143. The lowest BCUT2D eigenvalue weighted by Gasteiger charge is -2.26. The van der Waals surface area contributed by atoms with Gasteiger partial charge in [0.2, 0.25) is 23.6 Å². The van der Waals surface area contributed by atoms with Crippen molar-refractivity contribution in [3.05, 3.63) is 18.2 Å². The number of aliphatic carboxylic acids is 2. The van der Waals surface area contributed by atoms with Crippen LogP contribution in [-0.2, 0) is 35.2 Å². The molecule has 15 nitrogen and oxygen atoms in total. The summed E-state index contributed by atoms with van der Waals surface area (Å²) in [7, 11) is 0. The van der Waals surface area contributed by atoms with Gasteiger partial charge in [-0.3, -0.25) is 24.0 Å². The molecule has 0 saturated carbocycles. The summed E-state index contributed by atoms with van der Waals surface area (Å²) in [5, 5.41) is 25.5. The molecule has 0 aliphatic heterocycles. The number of aromatic amines is 1. The molecule has 0 saturated heterocycles.